The summed E-state index contributed by atoms with van der Waals surface area (Å²) in [5, 5.41) is 0.266. The predicted octanol–water partition coefficient (Wildman–Crippen LogP) is 1.93. The number of nitrogens with zero attached hydrogens (tertiary/aromatic N) is 1. The Bertz CT molecular complexity index is 747. The molecular weight excluding hydrogens is 337 g/mol. The van der Waals surface area contributed by atoms with E-state index >= 15 is 0 Å². The van der Waals surface area contributed by atoms with Gasteiger partial charge in [0.2, 0.25) is 5.91 Å². The summed E-state index contributed by atoms with van der Waals surface area (Å²) in [7, 11) is 1.29. The monoisotopic (exact) mass is 351 g/mol. The molecule has 0 N–H and O–H groups in total. The van der Waals surface area contributed by atoms with Crippen LogP contribution in [0.2, 0.25) is 5.02 Å². The Morgan fingerprint density at radius 3 is 3.04 bits per heavy atom. The first-order valence-corrected chi connectivity index (χ1v) is 8.01. The van der Waals surface area contributed by atoms with Crippen molar-refractivity contribution < 1.29 is 23.5 Å². The van der Waals surface area contributed by atoms with Gasteiger partial charge >= 0.3 is 5.97 Å². The maximum atomic E-state index is 14.0. The van der Waals surface area contributed by atoms with Crippen LogP contribution in [-0.4, -0.2) is 42.1 Å². The number of esters is 1. The molecule has 3 aliphatic heterocycles. The summed E-state index contributed by atoms with van der Waals surface area (Å²) in [6.07, 6.45) is 3.19. The van der Waals surface area contributed by atoms with Gasteiger partial charge in [0, 0.05) is 10.6 Å². The van der Waals surface area contributed by atoms with Gasteiger partial charge in [0.25, 0.3) is 0 Å². The van der Waals surface area contributed by atoms with Crippen LogP contribution in [-0.2, 0) is 25.6 Å². The number of carbonyl (C=O) groups excluding carboxylic acids is 2. The normalized spacial score (nSPS) is 33.2. The lowest BCUT2D eigenvalue weighted by atomic mass is 9.77. The Hall–Kier alpha value is -1.92. The van der Waals surface area contributed by atoms with E-state index < -0.39 is 35.3 Å². The van der Waals surface area contributed by atoms with E-state index in [0.717, 1.165) is 0 Å². The Labute approximate surface area is 143 Å². The smallest absolute Gasteiger partial charge is 0.312 e. The number of carbonyl (C=O) groups is 2. The first-order valence-electron chi connectivity index (χ1n) is 7.63. The Morgan fingerprint density at radius 2 is 2.33 bits per heavy atom. The summed E-state index contributed by atoms with van der Waals surface area (Å²) in [6, 6.07) is 4.40. The molecule has 1 spiro atoms. The summed E-state index contributed by atoms with van der Waals surface area (Å²) in [5.74, 6) is -2.46. The quantitative estimate of drug-likeness (QED) is 0.617. The van der Waals surface area contributed by atoms with Gasteiger partial charge in [-0.25, -0.2) is 4.39 Å². The molecule has 126 valence electrons. The molecule has 0 aromatic heterocycles. The van der Waals surface area contributed by atoms with Gasteiger partial charge in [-0.2, -0.15) is 0 Å². The Kier molecular flexibility index (Phi) is 3.44. The van der Waals surface area contributed by atoms with Crippen molar-refractivity contribution in [3.05, 3.63) is 46.8 Å². The van der Waals surface area contributed by atoms with Crippen molar-refractivity contribution in [3.8, 4) is 0 Å². The van der Waals surface area contributed by atoms with Crippen LogP contribution in [0.3, 0.4) is 0 Å². The maximum Gasteiger partial charge on any atom is 0.312 e. The van der Waals surface area contributed by atoms with E-state index in [0.29, 0.717) is 0 Å². The molecule has 1 aromatic rings. The van der Waals surface area contributed by atoms with E-state index in [1.165, 1.54) is 24.1 Å². The van der Waals surface area contributed by atoms with Crippen LogP contribution in [0.4, 0.5) is 4.39 Å². The maximum absolute atomic E-state index is 14.0. The van der Waals surface area contributed by atoms with Gasteiger partial charge in [-0.05, 0) is 12.1 Å². The number of halogens is 2. The molecule has 0 radical (unpaired) electrons. The minimum Gasteiger partial charge on any atom is -0.469 e. The second-order valence-electron chi connectivity index (χ2n) is 6.32. The number of fused-ring (bicyclic) bond motifs is 1. The minimum absolute atomic E-state index is 0.0400. The van der Waals surface area contributed by atoms with E-state index in [4.69, 9.17) is 21.1 Å². The molecule has 4 atom stereocenters. The summed E-state index contributed by atoms with van der Waals surface area (Å²) in [4.78, 5) is 26.4. The van der Waals surface area contributed by atoms with Crippen LogP contribution in [0.5, 0.6) is 0 Å². The third-order valence-electron chi connectivity index (χ3n) is 5.06. The number of hydrogen-bond acceptors (Lipinski definition) is 4. The van der Waals surface area contributed by atoms with Gasteiger partial charge in [-0.15, -0.1) is 0 Å². The number of hydrogen-bond donors (Lipinski definition) is 0. The van der Waals surface area contributed by atoms with Crippen molar-refractivity contribution in [2.24, 2.45) is 11.8 Å². The van der Waals surface area contributed by atoms with Gasteiger partial charge in [-0.3, -0.25) is 9.59 Å². The second kappa shape index (κ2) is 5.29. The summed E-state index contributed by atoms with van der Waals surface area (Å²) >= 11 is 6.06. The molecule has 24 heavy (non-hydrogen) atoms. The van der Waals surface area contributed by atoms with E-state index in [2.05, 4.69) is 0 Å². The molecule has 4 rings (SSSR count). The Balaban J connectivity index is 1.65. The number of likely N-dealkylation sites (tertiary alicyclic amines) is 1. The molecule has 3 aliphatic rings. The van der Waals surface area contributed by atoms with Gasteiger partial charge < -0.3 is 14.4 Å². The number of ether oxygens (including phenoxy) is 2. The fraction of sp³-hybridized carbons (Fsp3) is 0.412. The highest BCUT2D eigenvalue weighted by Crippen LogP contribution is 2.52. The highest BCUT2D eigenvalue weighted by molar-refractivity contribution is 6.31. The zero-order valence-electron chi connectivity index (χ0n) is 12.9. The third kappa shape index (κ3) is 2.03. The summed E-state index contributed by atoms with van der Waals surface area (Å²) in [5.41, 5.74) is -0.574. The first-order chi connectivity index (χ1) is 11.5. The molecule has 2 fully saturated rings. The number of methoxy groups -OCH3 is 1. The minimum atomic E-state index is -0.835. The summed E-state index contributed by atoms with van der Waals surface area (Å²) in [6.45, 7) is 0.306. The molecule has 3 heterocycles. The van der Waals surface area contributed by atoms with Crippen LogP contribution in [0.25, 0.3) is 0 Å². The zero-order chi connectivity index (χ0) is 17.1. The van der Waals surface area contributed by atoms with Crippen molar-refractivity contribution in [3.63, 3.8) is 0 Å². The van der Waals surface area contributed by atoms with E-state index in [1.807, 2.05) is 6.08 Å². The lowest BCUT2D eigenvalue weighted by Gasteiger charge is -2.22. The van der Waals surface area contributed by atoms with Crippen molar-refractivity contribution >= 4 is 23.5 Å². The van der Waals surface area contributed by atoms with Crippen LogP contribution in [0, 0.1) is 17.7 Å². The number of benzene rings is 1. The Morgan fingerprint density at radius 1 is 1.54 bits per heavy atom. The molecule has 2 saturated heterocycles. The highest BCUT2D eigenvalue weighted by atomic mass is 35.5. The first kappa shape index (κ1) is 15.6. The SMILES string of the molecule is COC(=O)[C@H]1[C@H]2C(=O)N(Cc3c(F)cccc3Cl)C[C@]23C=C[C@H]1O3. The molecule has 1 aromatic carbocycles. The van der Waals surface area contributed by atoms with Crippen LogP contribution < -0.4 is 0 Å². The number of rotatable bonds is 3. The third-order valence-corrected chi connectivity index (χ3v) is 5.42. The zero-order valence-corrected chi connectivity index (χ0v) is 13.6. The van der Waals surface area contributed by atoms with Crippen molar-refractivity contribution in [1.29, 1.82) is 0 Å². The predicted molar refractivity (Wildman–Crippen MR) is 82.6 cm³/mol. The van der Waals surface area contributed by atoms with Gasteiger partial charge in [0.05, 0.1) is 32.2 Å². The largest absolute Gasteiger partial charge is 0.469 e. The fourth-order valence-corrected chi connectivity index (χ4v) is 4.21. The van der Waals surface area contributed by atoms with Crippen LogP contribution in [0.1, 0.15) is 5.56 Å². The number of amides is 1. The van der Waals surface area contributed by atoms with Crippen LogP contribution >= 0.6 is 11.6 Å². The molecule has 0 aliphatic carbocycles. The molecule has 0 saturated carbocycles. The van der Waals surface area contributed by atoms with E-state index in [-0.39, 0.29) is 29.6 Å². The molecule has 1 amide bonds. The lowest BCUT2D eigenvalue weighted by molar-refractivity contribution is -0.151. The van der Waals surface area contributed by atoms with Gasteiger partial charge in [0.1, 0.15) is 17.3 Å². The molecule has 2 bridgehead atoms. The molecule has 0 unspecified atom stereocenters. The van der Waals surface area contributed by atoms with E-state index in [1.54, 1.807) is 12.1 Å². The second-order valence-corrected chi connectivity index (χ2v) is 6.72. The summed E-state index contributed by atoms with van der Waals surface area (Å²) < 4.78 is 24.8. The van der Waals surface area contributed by atoms with Gasteiger partial charge in [0.15, 0.2) is 0 Å². The molecular formula is C17H15ClFNO4. The average molecular weight is 352 g/mol. The fourth-order valence-electron chi connectivity index (χ4n) is 3.99. The van der Waals surface area contributed by atoms with E-state index in [9.17, 15) is 14.0 Å². The molecule has 5 nitrogen and oxygen atoms in total. The van der Waals surface area contributed by atoms with Gasteiger partial charge in [-0.1, -0.05) is 29.8 Å². The average Bonchev–Trinajstić information content (AvgIpc) is 3.19. The lowest BCUT2D eigenvalue weighted by Crippen LogP contribution is -2.39. The van der Waals surface area contributed by atoms with Crippen molar-refractivity contribution in [2.75, 3.05) is 13.7 Å². The standard InChI is InChI=1S/C17H15ClFNO4/c1-23-16(22)13-12-5-6-17(24-12)8-20(15(21)14(13)17)7-9-10(18)3-2-4-11(9)19/h2-6,12-14H,7-8H2,1H3/t12-,13-,14+,17-/m1/s1. The highest BCUT2D eigenvalue weighted by Gasteiger charge is 2.67. The van der Waals surface area contributed by atoms with Crippen molar-refractivity contribution in [2.45, 2.75) is 18.2 Å². The molecule has 7 heteroatoms. The van der Waals surface area contributed by atoms with Crippen LogP contribution in [0.15, 0.2) is 30.4 Å². The van der Waals surface area contributed by atoms with Crippen molar-refractivity contribution in [1.82, 2.24) is 4.90 Å². The topological polar surface area (TPSA) is 55.8 Å².